The van der Waals surface area contributed by atoms with Crippen LogP contribution < -0.4 is 11.1 Å². The topological polar surface area (TPSA) is 116 Å². The van der Waals surface area contributed by atoms with Crippen molar-refractivity contribution in [3.63, 3.8) is 0 Å². The summed E-state index contributed by atoms with van der Waals surface area (Å²) >= 11 is 0. The van der Waals surface area contributed by atoms with Crippen molar-refractivity contribution in [2.45, 2.75) is 13.0 Å². The Bertz CT molecular complexity index is 1980. The molecule has 6 aromatic rings. The summed E-state index contributed by atoms with van der Waals surface area (Å²) in [6.45, 7) is 1.84. The average molecular weight is 531 g/mol. The van der Waals surface area contributed by atoms with E-state index >= 15 is 0 Å². The number of anilines is 1. The zero-order chi connectivity index (χ0) is 27.8. The number of aryl methyl sites for hydroxylation is 1. The molecule has 0 spiro atoms. The summed E-state index contributed by atoms with van der Waals surface area (Å²) in [5.41, 5.74) is 10.6. The van der Waals surface area contributed by atoms with E-state index in [4.69, 9.17) is 10.7 Å². The van der Waals surface area contributed by atoms with Gasteiger partial charge in [0.05, 0.1) is 34.6 Å². The highest BCUT2D eigenvalue weighted by molar-refractivity contribution is 6.04. The van der Waals surface area contributed by atoms with Crippen molar-refractivity contribution in [2.24, 2.45) is 7.05 Å². The molecule has 196 valence electrons. The van der Waals surface area contributed by atoms with Crippen LogP contribution >= 0.6 is 0 Å². The molecule has 0 saturated carbocycles. The number of benzene rings is 2. The maximum atomic E-state index is 14.3. The van der Waals surface area contributed by atoms with Crippen molar-refractivity contribution in [1.29, 1.82) is 0 Å². The van der Waals surface area contributed by atoms with Crippen LogP contribution in [0.2, 0.25) is 0 Å². The number of hydrogen-bond donors (Lipinski definition) is 2. The highest BCUT2D eigenvalue weighted by Gasteiger charge is 2.23. The highest BCUT2D eigenvalue weighted by Crippen LogP contribution is 2.32. The summed E-state index contributed by atoms with van der Waals surface area (Å²) in [6, 6.07) is 15.0. The second-order valence-corrected chi connectivity index (χ2v) is 9.31. The second kappa shape index (κ2) is 9.96. The molecule has 6 rings (SSSR count). The first-order valence-corrected chi connectivity index (χ1v) is 12.5. The predicted molar refractivity (Wildman–Crippen MR) is 150 cm³/mol. The summed E-state index contributed by atoms with van der Waals surface area (Å²) in [5.74, 6) is 5.56. The number of rotatable bonds is 4. The lowest BCUT2D eigenvalue weighted by molar-refractivity contribution is 0.0942. The van der Waals surface area contributed by atoms with Gasteiger partial charge in [-0.05, 0) is 37.3 Å². The Morgan fingerprint density at radius 2 is 1.98 bits per heavy atom. The molecule has 0 aliphatic carbocycles. The molecular weight excluding hydrogens is 507 g/mol. The Morgan fingerprint density at radius 1 is 1.12 bits per heavy atom. The van der Waals surface area contributed by atoms with Crippen molar-refractivity contribution in [1.82, 2.24) is 34.7 Å². The van der Waals surface area contributed by atoms with E-state index in [9.17, 15) is 9.18 Å². The number of aromatic nitrogens is 6. The van der Waals surface area contributed by atoms with Gasteiger partial charge in [-0.1, -0.05) is 36.1 Å². The minimum Gasteiger partial charge on any atom is -0.381 e. The van der Waals surface area contributed by atoms with Crippen molar-refractivity contribution in [2.75, 3.05) is 5.73 Å². The molecule has 4 heterocycles. The van der Waals surface area contributed by atoms with Crippen molar-refractivity contribution in [3.8, 4) is 23.1 Å². The molecule has 0 aliphatic heterocycles. The number of carbonyl (C=O) groups is 1. The first kappa shape index (κ1) is 24.8. The van der Waals surface area contributed by atoms with E-state index in [1.54, 1.807) is 41.5 Å². The predicted octanol–water partition coefficient (Wildman–Crippen LogP) is 4.29. The number of carbonyl (C=O) groups excluding carboxylic acids is 1. The minimum absolute atomic E-state index is 0.0715. The van der Waals surface area contributed by atoms with Gasteiger partial charge in [0.15, 0.2) is 11.5 Å². The maximum Gasteiger partial charge on any atom is 0.259 e. The molecule has 0 unspecified atom stereocenters. The lowest BCUT2D eigenvalue weighted by atomic mass is 9.97. The monoisotopic (exact) mass is 530 g/mol. The van der Waals surface area contributed by atoms with E-state index < -0.39 is 17.8 Å². The molecule has 2 aromatic carbocycles. The molecule has 40 heavy (non-hydrogen) atoms. The first-order chi connectivity index (χ1) is 19.4. The number of nitrogen functional groups attached to an aromatic ring is 1. The minimum atomic E-state index is -0.522. The van der Waals surface area contributed by atoms with E-state index in [0.29, 0.717) is 33.5 Å². The van der Waals surface area contributed by atoms with Crippen LogP contribution in [-0.2, 0) is 7.05 Å². The summed E-state index contributed by atoms with van der Waals surface area (Å²) in [7, 11) is 1.83. The number of nitrogens with zero attached hydrogens (tertiary/aromatic N) is 6. The third-order valence-electron chi connectivity index (χ3n) is 6.48. The Balaban J connectivity index is 1.45. The number of para-hydroxylation sites is 1. The second-order valence-electron chi connectivity index (χ2n) is 9.31. The van der Waals surface area contributed by atoms with Crippen LogP contribution in [0.25, 0.3) is 27.8 Å². The summed E-state index contributed by atoms with van der Waals surface area (Å²) in [5, 5.41) is 12.2. The average Bonchev–Trinajstić information content (AvgIpc) is 3.52. The van der Waals surface area contributed by atoms with E-state index in [0.717, 1.165) is 10.9 Å². The Labute approximate surface area is 228 Å². The molecule has 0 saturated heterocycles. The Kier molecular flexibility index (Phi) is 6.16. The van der Waals surface area contributed by atoms with Crippen LogP contribution in [0.15, 0.2) is 79.4 Å². The van der Waals surface area contributed by atoms with E-state index in [1.807, 2.05) is 44.4 Å². The number of nitrogens with one attached hydrogen (secondary N) is 1. The zero-order valence-electron chi connectivity index (χ0n) is 21.6. The summed E-state index contributed by atoms with van der Waals surface area (Å²) < 4.78 is 17.5. The van der Waals surface area contributed by atoms with Gasteiger partial charge >= 0.3 is 0 Å². The first-order valence-electron chi connectivity index (χ1n) is 12.5. The molecular formula is C30H23FN8O. The van der Waals surface area contributed by atoms with Gasteiger partial charge < -0.3 is 11.1 Å². The number of amides is 1. The van der Waals surface area contributed by atoms with Crippen LogP contribution in [0.3, 0.4) is 0 Å². The third-order valence-corrected chi connectivity index (χ3v) is 6.48. The third kappa shape index (κ3) is 4.61. The fourth-order valence-electron chi connectivity index (χ4n) is 4.61. The normalized spacial score (nSPS) is 11.8. The fraction of sp³-hybridized carbons (Fsp3) is 0.100. The smallest absolute Gasteiger partial charge is 0.259 e. The van der Waals surface area contributed by atoms with Gasteiger partial charge in [-0.25, -0.2) is 18.9 Å². The zero-order valence-corrected chi connectivity index (χ0v) is 21.6. The number of nitrogens with two attached hydrogens (primary N) is 1. The molecule has 0 bridgehead atoms. The molecule has 9 nitrogen and oxygen atoms in total. The van der Waals surface area contributed by atoms with E-state index in [1.165, 1.54) is 16.6 Å². The van der Waals surface area contributed by atoms with E-state index in [-0.39, 0.29) is 11.4 Å². The van der Waals surface area contributed by atoms with Crippen LogP contribution in [0.4, 0.5) is 10.2 Å². The van der Waals surface area contributed by atoms with Gasteiger partial charge in [0, 0.05) is 42.2 Å². The van der Waals surface area contributed by atoms with Gasteiger partial charge in [0.25, 0.3) is 5.91 Å². The highest BCUT2D eigenvalue weighted by atomic mass is 19.1. The van der Waals surface area contributed by atoms with E-state index in [2.05, 4.69) is 32.3 Å². The maximum absolute atomic E-state index is 14.3. The van der Waals surface area contributed by atoms with Crippen molar-refractivity contribution in [3.05, 3.63) is 107 Å². The van der Waals surface area contributed by atoms with Crippen molar-refractivity contribution < 1.29 is 9.18 Å². The van der Waals surface area contributed by atoms with Gasteiger partial charge in [0.1, 0.15) is 11.4 Å². The van der Waals surface area contributed by atoms with Gasteiger partial charge in [-0.3, -0.25) is 9.48 Å². The molecule has 3 N–H and O–H groups in total. The van der Waals surface area contributed by atoms with Crippen molar-refractivity contribution >= 4 is 28.3 Å². The molecule has 1 atom stereocenters. The number of pyridine rings is 1. The van der Waals surface area contributed by atoms with Gasteiger partial charge in [-0.2, -0.15) is 5.10 Å². The molecule has 4 aromatic heterocycles. The molecule has 10 heteroatoms. The van der Waals surface area contributed by atoms with Crippen LogP contribution in [0, 0.1) is 17.7 Å². The number of hydrogen-bond acceptors (Lipinski definition) is 6. The molecule has 0 radical (unpaired) electrons. The SMILES string of the molecule is C[C@H](NC(=O)c1c(N)nn2cccnc12)c1cc2cccc(C#Cc3cnn(C)c3)c2nc1-c1cccc(F)c1. The largest absolute Gasteiger partial charge is 0.381 e. The molecule has 0 fully saturated rings. The lowest BCUT2D eigenvalue weighted by Crippen LogP contribution is -2.28. The Morgan fingerprint density at radius 3 is 2.77 bits per heavy atom. The van der Waals surface area contributed by atoms with Crippen LogP contribution in [0.5, 0.6) is 0 Å². The Hall–Kier alpha value is -5.56. The number of fused-ring (bicyclic) bond motifs is 2. The molecule has 1 amide bonds. The van der Waals surface area contributed by atoms with Gasteiger partial charge in [-0.15, -0.1) is 5.10 Å². The summed E-state index contributed by atoms with van der Waals surface area (Å²) in [4.78, 5) is 22.6. The molecule has 0 aliphatic rings. The van der Waals surface area contributed by atoms with Gasteiger partial charge in [0.2, 0.25) is 0 Å². The standard InChI is InChI=1S/C30H23FN8O/c1-18(35-30(40)25-28(32)37-39-13-5-12-33-29(25)39)24-15-22-7-3-6-20(11-10-19-16-34-38(2)17-19)26(22)36-27(24)21-8-4-9-23(31)14-21/h3-9,12-18H,1-2H3,(H2,32,37)(H,35,40)/t18-/m0/s1. The quantitative estimate of drug-likeness (QED) is 0.329. The van der Waals surface area contributed by atoms with Crippen LogP contribution in [-0.4, -0.2) is 35.3 Å². The number of halogens is 1. The fourth-order valence-corrected chi connectivity index (χ4v) is 4.61. The summed E-state index contributed by atoms with van der Waals surface area (Å²) in [6.07, 6.45) is 6.76. The van der Waals surface area contributed by atoms with Crippen LogP contribution in [0.1, 0.15) is 40.0 Å². The lowest BCUT2D eigenvalue weighted by Gasteiger charge is -2.19.